The lowest BCUT2D eigenvalue weighted by atomic mass is 10.1. The molecule has 0 aliphatic carbocycles. The predicted octanol–water partition coefficient (Wildman–Crippen LogP) is 2.68. The van der Waals surface area contributed by atoms with Gasteiger partial charge in [-0.25, -0.2) is 9.37 Å². The molecular weight excluding hydrogens is 283 g/mol. The van der Waals surface area contributed by atoms with E-state index < -0.39 is 0 Å². The zero-order valence-electron chi connectivity index (χ0n) is 12.1. The number of aromatic nitrogens is 3. The predicted molar refractivity (Wildman–Crippen MR) is 81.0 cm³/mol. The van der Waals surface area contributed by atoms with Gasteiger partial charge in [-0.2, -0.15) is 0 Å². The molecule has 6 heteroatoms. The zero-order valence-corrected chi connectivity index (χ0v) is 12.1. The van der Waals surface area contributed by atoms with Crippen molar-refractivity contribution in [2.75, 3.05) is 6.54 Å². The summed E-state index contributed by atoms with van der Waals surface area (Å²) in [7, 11) is 0. The number of hydrogen-bond acceptors (Lipinski definition) is 3. The Bertz CT molecular complexity index is 811. The average molecular weight is 298 g/mol. The minimum Gasteiger partial charge on any atom is -0.351 e. The Kier molecular flexibility index (Phi) is 3.82. The third-order valence-electron chi connectivity index (χ3n) is 3.26. The number of halogens is 1. The van der Waals surface area contributed by atoms with Crippen LogP contribution in [0.5, 0.6) is 0 Å². The third kappa shape index (κ3) is 2.67. The molecule has 0 bridgehead atoms. The summed E-state index contributed by atoms with van der Waals surface area (Å²) in [6.07, 6.45) is 5.88. The molecule has 2 heterocycles. The van der Waals surface area contributed by atoms with Crippen molar-refractivity contribution < 1.29 is 9.18 Å². The van der Waals surface area contributed by atoms with E-state index in [9.17, 15) is 9.18 Å². The fourth-order valence-electron chi connectivity index (χ4n) is 2.17. The molecule has 0 fully saturated rings. The van der Waals surface area contributed by atoms with E-state index in [0.29, 0.717) is 23.6 Å². The molecule has 3 aromatic rings. The normalized spacial score (nSPS) is 10.8. The molecule has 0 aliphatic rings. The number of nitrogens with zero attached hydrogens (tertiary/aromatic N) is 3. The first kappa shape index (κ1) is 14.2. The maximum atomic E-state index is 13.1. The molecule has 22 heavy (non-hydrogen) atoms. The monoisotopic (exact) mass is 298 g/mol. The highest BCUT2D eigenvalue weighted by Crippen LogP contribution is 2.22. The number of nitrogens with one attached hydrogen (secondary N) is 1. The molecule has 112 valence electrons. The SMILES string of the molecule is CCCNC(=O)c1cn2ccnc(-c3ccc(F)cc3)c2n1. The average Bonchev–Trinajstić information content (AvgIpc) is 2.97. The number of rotatable bonds is 4. The second kappa shape index (κ2) is 5.93. The molecule has 1 aromatic carbocycles. The van der Waals surface area contributed by atoms with Gasteiger partial charge in [0.05, 0.1) is 0 Å². The first-order chi connectivity index (χ1) is 10.7. The lowest BCUT2D eigenvalue weighted by Gasteiger charge is -2.02. The molecule has 1 amide bonds. The number of fused-ring (bicyclic) bond motifs is 1. The lowest BCUT2D eigenvalue weighted by molar-refractivity contribution is 0.0949. The van der Waals surface area contributed by atoms with Gasteiger partial charge in [0.25, 0.3) is 5.91 Å². The van der Waals surface area contributed by atoms with Gasteiger partial charge < -0.3 is 9.72 Å². The largest absolute Gasteiger partial charge is 0.351 e. The molecule has 0 radical (unpaired) electrons. The molecule has 2 aromatic heterocycles. The quantitative estimate of drug-likeness (QED) is 0.805. The van der Waals surface area contributed by atoms with Gasteiger partial charge >= 0.3 is 0 Å². The molecule has 0 unspecified atom stereocenters. The molecular formula is C16H15FN4O. The highest BCUT2D eigenvalue weighted by atomic mass is 19.1. The number of amides is 1. The highest BCUT2D eigenvalue weighted by Gasteiger charge is 2.14. The van der Waals surface area contributed by atoms with Crippen molar-refractivity contribution in [2.45, 2.75) is 13.3 Å². The fraction of sp³-hybridized carbons (Fsp3) is 0.188. The summed E-state index contributed by atoms with van der Waals surface area (Å²) >= 11 is 0. The number of carbonyl (C=O) groups is 1. The van der Waals surface area contributed by atoms with Gasteiger partial charge in [0.15, 0.2) is 5.65 Å². The summed E-state index contributed by atoms with van der Waals surface area (Å²) in [5.41, 5.74) is 2.26. The van der Waals surface area contributed by atoms with Crippen LogP contribution in [0.25, 0.3) is 16.9 Å². The molecule has 5 nitrogen and oxygen atoms in total. The summed E-state index contributed by atoms with van der Waals surface area (Å²) in [5, 5.41) is 2.79. The standard InChI is InChI=1S/C16H15FN4O/c1-2-7-19-16(22)13-10-21-9-8-18-14(15(21)20-13)11-3-5-12(17)6-4-11/h3-6,8-10H,2,7H2,1H3,(H,19,22). The summed E-state index contributed by atoms with van der Waals surface area (Å²) < 4.78 is 14.8. The Morgan fingerprint density at radius 2 is 2.09 bits per heavy atom. The van der Waals surface area contributed by atoms with Crippen LogP contribution in [0.4, 0.5) is 4.39 Å². The fourth-order valence-corrected chi connectivity index (χ4v) is 2.17. The molecule has 0 spiro atoms. The van der Waals surface area contributed by atoms with Gasteiger partial charge in [-0.1, -0.05) is 6.92 Å². The third-order valence-corrected chi connectivity index (χ3v) is 3.26. The van der Waals surface area contributed by atoms with Crippen LogP contribution in [0, 0.1) is 5.82 Å². The molecule has 3 rings (SSSR count). The summed E-state index contributed by atoms with van der Waals surface area (Å²) in [6.45, 7) is 2.59. The summed E-state index contributed by atoms with van der Waals surface area (Å²) in [6, 6.07) is 6.03. The van der Waals surface area contributed by atoms with Gasteiger partial charge in [0.1, 0.15) is 17.2 Å². The van der Waals surface area contributed by atoms with E-state index in [1.54, 1.807) is 35.1 Å². The first-order valence-corrected chi connectivity index (χ1v) is 7.07. The number of benzene rings is 1. The molecule has 0 aliphatic heterocycles. The van der Waals surface area contributed by atoms with E-state index in [2.05, 4.69) is 15.3 Å². The van der Waals surface area contributed by atoms with Crippen molar-refractivity contribution in [2.24, 2.45) is 0 Å². The number of imidazole rings is 1. The van der Waals surface area contributed by atoms with Crippen molar-refractivity contribution in [3.8, 4) is 11.3 Å². The topological polar surface area (TPSA) is 59.3 Å². The number of hydrogen-bond donors (Lipinski definition) is 1. The van der Waals surface area contributed by atoms with E-state index in [-0.39, 0.29) is 11.7 Å². The van der Waals surface area contributed by atoms with Crippen LogP contribution in [0.15, 0.2) is 42.9 Å². The minimum atomic E-state index is -0.307. The van der Waals surface area contributed by atoms with E-state index in [4.69, 9.17) is 0 Å². The van der Waals surface area contributed by atoms with Gasteiger partial charge in [0, 0.05) is 30.7 Å². The van der Waals surface area contributed by atoms with Crippen LogP contribution in [0.2, 0.25) is 0 Å². The van der Waals surface area contributed by atoms with E-state index in [1.165, 1.54) is 12.1 Å². The van der Waals surface area contributed by atoms with Crippen molar-refractivity contribution in [3.63, 3.8) is 0 Å². The van der Waals surface area contributed by atoms with E-state index in [0.717, 1.165) is 12.0 Å². The summed E-state index contributed by atoms with van der Waals surface area (Å²) in [4.78, 5) is 20.7. The molecule has 0 saturated heterocycles. The second-order valence-electron chi connectivity index (χ2n) is 4.90. The first-order valence-electron chi connectivity index (χ1n) is 7.07. The maximum Gasteiger partial charge on any atom is 0.271 e. The highest BCUT2D eigenvalue weighted by molar-refractivity contribution is 5.93. The van der Waals surface area contributed by atoms with Crippen LogP contribution < -0.4 is 5.32 Å². The maximum absolute atomic E-state index is 13.1. The molecule has 0 saturated carbocycles. The van der Waals surface area contributed by atoms with Crippen LogP contribution >= 0.6 is 0 Å². The van der Waals surface area contributed by atoms with Crippen molar-refractivity contribution in [1.82, 2.24) is 19.7 Å². The Labute approximate surface area is 126 Å². The van der Waals surface area contributed by atoms with E-state index in [1.807, 2.05) is 6.92 Å². The Hall–Kier alpha value is -2.76. The summed E-state index contributed by atoms with van der Waals surface area (Å²) in [5.74, 6) is -0.519. The second-order valence-corrected chi connectivity index (χ2v) is 4.90. The van der Waals surface area contributed by atoms with Crippen molar-refractivity contribution in [1.29, 1.82) is 0 Å². The van der Waals surface area contributed by atoms with Crippen LogP contribution in [-0.2, 0) is 0 Å². The van der Waals surface area contributed by atoms with Crippen molar-refractivity contribution in [3.05, 3.63) is 54.4 Å². The van der Waals surface area contributed by atoms with Gasteiger partial charge in [-0.05, 0) is 30.7 Å². The van der Waals surface area contributed by atoms with E-state index >= 15 is 0 Å². The molecule has 1 N–H and O–H groups in total. The lowest BCUT2D eigenvalue weighted by Crippen LogP contribution is -2.24. The van der Waals surface area contributed by atoms with Crippen LogP contribution in [0.1, 0.15) is 23.8 Å². The van der Waals surface area contributed by atoms with Crippen LogP contribution in [-0.4, -0.2) is 26.8 Å². The van der Waals surface area contributed by atoms with Gasteiger partial charge in [-0.3, -0.25) is 9.78 Å². The zero-order chi connectivity index (χ0) is 15.5. The number of carbonyl (C=O) groups excluding carboxylic acids is 1. The molecule has 0 atom stereocenters. The van der Waals surface area contributed by atoms with Gasteiger partial charge in [0.2, 0.25) is 0 Å². The Balaban J connectivity index is 2.03. The van der Waals surface area contributed by atoms with Gasteiger partial charge in [-0.15, -0.1) is 0 Å². The smallest absolute Gasteiger partial charge is 0.271 e. The Morgan fingerprint density at radius 3 is 2.82 bits per heavy atom. The van der Waals surface area contributed by atoms with Crippen molar-refractivity contribution >= 4 is 11.6 Å². The Morgan fingerprint density at radius 1 is 1.32 bits per heavy atom. The van der Waals surface area contributed by atoms with Crippen LogP contribution in [0.3, 0.4) is 0 Å². The minimum absolute atomic E-state index is 0.212.